The zero-order valence-corrected chi connectivity index (χ0v) is 12.3. The molecule has 0 N–H and O–H groups in total. The average Bonchev–Trinajstić information content (AvgIpc) is 2.40. The second-order valence-electron chi connectivity index (χ2n) is 3.57. The fraction of sp³-hybridized carbons (Fsp3) is 0. The Labute approximate surface area is 132 Å². The van der Waals surface area contributed by atoms with Crippen molar-refractivity contribution in [3.63, 3.8) is 0 Å². The van der Waals surface area contributed by atoms with Gasteiger partial charge in [0.25, 0.3) is 5.91 Å². The molecule has 2 rings (SSSR count). The molecule has 19 heavy (non-hydrogen) atoms. The number of amides is 1. The Hall–Kier alpha value is -1.49. The molecule has 0 aliphatic heterocycles. The van der Waals surface area contributed by atoms with E-state index in [1.165, 1.54) is 18.2 Å². The monoisotopic (exact) mass is 265 g/mol. The maximum absolute atomic E-state index is 13.3. The first-order chi connectivity index (χ1) is 8.68. The van der Waals surface area contributed by atoms with Gasteiger partial charge >= 0.3 is 29.6 Å². The number of halogens is 1. The molecule has 0 fully saturated rings. The zero-order valence-electron chi connectivity index (χ0n) is 10.3. The largest absolute Gasteiger partial charge is 1.00 e. The van der Waals surface area contributed by atoms with E-state index in [-0.39, 0.29) is 35.1 Å². The van der Waals surface area contributed by atoms with Crippen molar-refractivity contribution in [1.29, 1.82) is 0 Å². The molecule has 90 valence electrons. The van der Waals surface area contributed by atoms with Gasteiger partial charge in [-0.25, -0.2) is 9.38 Å². The Morgan fingerprint density at radius 3 is 2.21 bits per heavy atom. The second-order valence-corrected chi connectivity index (χ2v) is 3.57. The van der Waals surface area contributed by atoms with Crippen molar-refractivity contribution in [2.24, 2.45) is 4.99 Å². The third-order valence-electron chi connectivity index (χ3n) is 2.33. The van der Waals surface area contributed by atoms with Crippen LogP contribution in [-0.2, 0) is 0 Å². The number of hydrogen-bond donors (Lipinski definition) is 0. The van der Waals surface area contributed by atoms with E-state index < -0.39 is 17.6 Å². The molecule has 0 radical (unpaired) electrons. The van der Waals surface area contributed by atoms with Gasteiger partial charge in [-0.2, -0.15) is 0 Å². The Bertz CT molecular complexity index is 599. The van der Waals surface area contributed by atoms with Crippen LogP contribution in [0.3, 0.4) is 0 Å². The van der Waals surface area contributed by atoms with E-state index in [9.17, 15) is 14.3 Å². The molecule has 1 amide bonds. The molecule has 0 atom stereocenters. The average molecular weight is 265 g/mol. The van der Waals surface area contributed by atoms with Crippen LogP contribution >= 0.6 is 0 Å². The Morgan fingerprint density at radius 2 is 1.58 bits per heavy atom. The van der Waals surface area contributed by atoms with Crippen molar-refractivity contribution in [1.82, 2.24) is 0 Å². The fourth-order valence-electron chi connectivity index (χ4n) is 1.43. The number of carbonyl (C=O) groups excluding carboxylic acids is 1. The van der Waals surface area contributed by atoms with E-state index in [1.807, 2.05) is 0 Å². The molecule has 5 heteroatoms. The van der Waals surface area contributed by atoms with Gasteiger partial charge in [-0.05, 0) is 23.6 Å². The molecule has 0 unspecified atom stereocenters. The van der Waals surface area contributed by atoms with Crippen LogP contribution in [0.1, 0.15) is 15.9 Å². The molecule has 0 aromatic heterocycles. The summed E-state index contributed by atoms with van der Waals surface area (Å²) < 4.78 is 13.3. The molecule has 3 nitrogen and oxygen atoms in total. The van der Waals surface area contributed by atoms with Crippen LogP contribution in [0.25, 0.3) is 0 Å². The Morgan fingerprint density at radius 1 is 1.00 bits per heavy atom. The zero-order chi connectivity index (χ0) is 13.0. The van der Waals surface area contributed by atoms with Gasteiger partial charge in [0.05, 0.1) is 5.56 Å². The van der Waals surface area contributed by atoms with Gasteiger partial charge in [-0.15, -0.1) is 0 Å². The van der Waals surface area contributed by atoms with E-state index in [2.05, 4.69) is 4.99 Å². The third kappa shape index (κ3) is 3.99. The summed E-state index contributed by atoms with van der Waals surface area (Å²) >= 11 is 0. The molecule has 0 saturated carbocycles. The van der Waals surface area contributed by atoms with Gasteiger partial charge < -0.3 is 5.11 Å². The first-order valence-corrected chi connectivity index (χ1v) is 5.28. The predicted molar refractivity (Wildman–Crippen MR) is 63.7 cm³/mol. The fourth-order valence-corrected chi connectivity index (χ4v) is 1.43. The van der Waals surface area contributed by atoms with Crippen molar-refractivity contribution in [3.05, 3.63) is 71.5 Å². The number of rotatable bonds is 2. The van der Waals surface area contributed by atoms with Gasteiger partial charge in [-0.1, -0.05) is 42.5 Å². The van der Waals surface area contributed by atoms with Crippen LogP contribution in [0.15, 0.2) is 59.6 Å². The van der Waals surface area contributed by atoms with Crippen LogP contribution < -0.4 is 34.7 Å². The Kier molecular flexibility index (Phi) is 5.89. The summed E-state index contributed by atoms with van der Waals surface area (Å²) in [6, 6.07) is 13.6. The summed E-state index contributed by atoms with van der Waals surface area (Å²) in [4.78, 5) is 15.0. The maximum Gasteiger partial charge on any atom is 1.00 e. The minimum atomic E-state index is -0.873. The van der Waals surface area contributed by atoms with Gasteiger partial charge in [0, 0.05) is 0 Å². The quantitative estimate of drug-likeness (QED) is 0.388. The third-order valence-corrected chi connectivity index (χ3v) is 2.33. The summed E-state index contributed by atoms with van der Waals surface area (Å²) in [6.07, 6.45) is 0. The second kappa shape index (κ2) is 7.19. The Balaban J connectivity index is 0.00000180. The first kappa shape index (κ1) is 15.6. The van der Waals surface area contributed by atoms with Gasteiger partial charge in [0.1, 0.15) is 5.82 Å². The van der Waals surface area contributed by atoms with E-state index in [4.69, 9.17) is 0 Å². The number of benzene rings is 2. The van der Waals surface area contributed by atoms with E-state index in [0.717, 1.165) is 6.07 Å². The molecular formula is C14H9FNNaO2. The number of aliphatic imine (C=N–C) groups is 1. The number of hydrogen-bond acceptors (Lipinski definition) is 2. The topological polar surface area (TPSA) is 52.5 Å². The number of carbonyl (C=O) groups is 1. The molecule has 0 spiro atoms. The van der Waals surface area contributed by atoms with Crippen molar-refractivity contribution >= 4 is 11.8 Å². The smallest absolute Gasteiger partial charge is 0.858 e. The molecule has 0 saturated heterocycles. The van der Waals surface area contributed by atoms with Crippen LogP contribution in [0.5, 0.6) is 0 Å². The summed E-state index contributed by atoms with van der Waals surface area (Å²) in [6.45, 7) is 0. The van der Waals surface area contributed by atoms with Crippen LogP contribution in [0.4, 0.5) is 4.39 Å². The standard InChI is InChI=1S/C14H10FNO2.Na/c15-12-9-5-4-8-11(12)14(18)16-13(17)10-6-2-1-3-7-10;/h1-9H,(H,16,17,18);/q;+1/p-1. The number of nitrogens with zero attached hydrogens (tertiary/aromatic N) is 1. The minimum absolute atomic E-state index is 0. The SMILES string of the molecule is O=C(N=C([O-])c1ccccc1)c1ccccc1F.[Na+]. The summed E-state index contributed by atoms with van der Waals surface area (Å²) in [5, 5.41) is 11.6. The van der Waals surface area contributed by atoms with Gasteiger partial charge in [0.15, 0.2) is 0 Å². The van der Waals surface area contributed by atoms with Crippen molar-refractivity contribution in [2.45, 2.75) is 0 Å². The molecule has 0 aliphatic rings. The van der Waals surface area contributed by atoms with Crippen LogP contribution in [-0.4, -0.2) is 11.8 Å². The summed E-state index contributed by atoms with van der Waals surface area (Å²) in [5.41, 5.74) is 0.0870. The molecule has 2 aromatic rings. The van der Waals surface area contributed by atoms with Crippen molar-refractivity contribution < 1.29 is 43.8 Å². The van der Waals surface area contributed by atoms with Crippen LogP contribution in [0, 0.1) is 5.82 Å². The van der Waals surface area contributed by atoms with Gasteiger partial charge in [-0.3, -0.25) is 4.79 Å². The summed E-state index contributed by atoms with van der Waals surface area (Å²) in [7, 11) is 0. The van der Waals surface area contributed by atoms with E-state index in [0.29, 0.717) is 5.56 Å². The van der Waals surface area contributed by atoms with Gasteiger partial charge in [0.2, 0.25) is 0 Å². The van der Waals surface area contributed by atoms with E-state index >= 15 is 0 Å². The molecule has 0 aliphatic carbocycles. The first-order valence-electron chi connectivity index (χ1n) is 5.28. The van der Waals surface area contributed by atoms with Crippen molar-refractivity contribution in [3.8, 4) is 0 Å². The predicted octanol–water partition coefficient (Wildman–Crippen LogP) is -1.22. The molecule has 0 heterocycles. The van der Waals surface area contributed by atoms with Crippen molar-refractivity contribution in [2.75, 3.05) is 0 Å². The molecule has 0 bridgehead atoms. The van der Waals surface area contributed by atoms with Crippen LogP contribution in [0.2, 0.25) is 0 Å². The molecular weight excluding hydrogens is 256 g/mol. The summed E-state index contributed by atoms with van der Waals surface area (Å²) in [5.74, 6) is -2.24. The minimum Gasteiger partial charge on any atom is -0.858 e. The maximum atomic E-state index is 13.3. The normalized spacial score (nSPS) is 10.7. The van der Waals surface area contributed by atoms with E-state index in [1.54, 1.807) is 30.3 Å². The molecule has 2 aromatic carbocycles.